The summed E-state index contributed by atoms with van der Waals surface area (Å²) < 4.78 is 15.1. The minimum Gasteiger partial charge on any atom is -0.469 e. The van der Waals surface area contributed by atoms with E-state index in [1.165, 1.54) is 13.2 Å². The maximum atomic E-state index is 10.9. The van der Waals surface area contributed by atoms with E-state index in [2.05, 4.69) is 35.0 Å². The number of aliphatic hydroxyl groups is 4. The first-order valence-electron chi connectivity index (χ1n) is 7.58. The number of hydrogen-bond acceptors (Lipinski definition) is 8. The third kappa shape index (κ3) is 6.48. The summed E-state index contributed by atoms with van der Waals surface area (Å²) in [5.41, 5.74) is 0. The van der Waals surface area contributed by atoms with Crippen molar-refractivity contribution in [2.45, 2.75) is 49.7 Å². The van der Waals surface area contributed by atoms with Crippen molar-refractivity contribution in [2.75, 3.05) is 13.7 Å². The zero-order valence-corrected chi connectivity index (χ0v) is 13.8. The van der Waals surface area contributed by atoms with Gasteiger partial charge in [0.1, 0.15) is 30.5 Å². The Labute approximate surface area is 146 Å². The minimum absolute atomic E-state index is 0.164. The molecule has 4 N–H and O–H groups in total. The molecule has 1 fully saturated rings. The Morgan fingerprint density at radius 1 is 1.28 bits per heavy atom. The van der Waals surface area contributed by atoms with Crippen molar-refractivity contribution in [3.05, 3.63) is 12.7 Å². The number of hydrogen-bond donors (Lipinski definition) is 4. The average molecular weight is 354 g/mol. The first-order valence-corrected chi connectivity index (χ1v) is 7.58. The van der Waals surface area contributed by atoms with Crippen LogP contribution in [0.15, 0.2) is 12.7 Å². The second-order valence-corrected chi connectivity index (χ2v) is 5.14. The molecule has 1 aliphatic heterocycles. The molecule has 0 aromatic rings. The molecular weight excluding hydrogens is 332 g/mol. The summed E-state index contributed by atoms with van der Waals surface area (Å²) in [5, 5.41) is 38.4. The summed E-state index contributed by atoms with van der Waals surface area (Å²) in [6.07, 6.45) is -5.96. The van der Waals surface area contributed by atoms with Crippen LogP contribution in [0.2, 0.25) is 0 Å². The van der Waals surface area contributed by atoms with Crippen molar-refractivity contribution in [3.8, 4) is 23.7 Å². The largest absolute Gasteiger partial charge is 0.469 e. The van der Waals surface area contributed by atoms with Crippen molar-refractivity contribution in [2.24, 2.45) is 0 Å². The van der Waals surface area contributed by atoms with Crippen LogP contribution in [-0.4, -0.2) is 76.9 Å². The van der Waals surface area contributed by atoms with Crippen LogP contribution < -0.4 is 0 Å². The molecule has 25 heavy (non-hydrogen) atoms. The molecule has 0 aromatic carbocycles. The molecule has 0 spiro atoms. The Kier molecular flexibility index (Phi) is 9.17. The lowest BCUT2D eigenvalue weighted by molar-refractivity contribution is -0.303. The van der Waals surface area contributed by atoms with E-state index in [4.69, 9.17) is 14.6 Å². The molecule has 0 radical (unpaired) electrons. The maximum absolute atomic E-state index is 10.9. The minimum atomic E-state index is -1.53. The fraction of sp³-hybridized carbons (Fsp3) is 0.588. The first kappa shape index (κ1) is 21.1. The molecule has 1 heterocycles. The Bertz CT molecular complexity index is 565. The number of aliphatic hydroxyl groups excluding tert-OH is 4. The summed E-state index contributed by atoms with van der Waals surface area (Å²) in [7, 11) is 1.29. The van der Waals surface area contributed by atoms with E-state index in [0.29, 0.717) is 6.42 Å². The predicted molar refractivity (Wildman–Crippen MR) is 85.6 cm³/mol. The quantitative estimate of drug-likeness (QED) is 0.253. The van der Waals surface area contributed by atoms with Crippen LogP contribution in [0.25, 0.3) is 0 Å². The van der Waals surface area contributed by atoms with Gasteiger partial charge in [0.25, 0.3) is 0 Å². The van der Waals surface area contributed by atoms with Gasteiger partial charge < -0.3 is 34.6 Å². The highest BCUT2D eigenvalue weighted by Crippen LogP contribution is 2.22. The van der Waals surface area contributed by atoms with E-state index < -0.39 is 43.4 Å². The van der Waals surface area contributed by atoms with Crippen LogP contribution in [-0.2, 0) is 19.0 Å². The lowest BCUT2D eigenvalue weighted by atomic mass is 9.99. The molecule has 6 atom stereocenters. The SMILES string of the molecule is C=CC(C#CC#CCCC(=O)OC)OC1OC(CO)C(O)C(O)C1O. The van der Waals surface area contributed by atoms with Crippen molar-refractivity contribution < 1.29 is 39.4 Å². The van der Waals surface area contributed by atoms with Gasteiger partial charge in [-0.05, 0) is 11.8 Å². The third-order valence-electron chi connectivity index (χ3n) is 3.39. The van der Waals surface area contributed by atoms with Gasteiger partial charge in [-0.25, -0.2) is 0 Å². The second-order valence-electron chi connectivity index (χ2n) is 5.14. The van der Waals surface area contributed by atoms with E-state index >= 15 is 0 Å². The number of carbonyl (C=O) groups excluding carboxylic acids is 1. The van der Waals surface area contributed by atoms with Gasteiger partial charge in [-0.15, -0.1) is 0 Å². The highest BCUT2D eigenvalue weighted by Gasteiger charge is 2.44. The van der Waals surface area contributed by atoms with Gasteiger partial charge in [0.15, 0.2) is 6.29 Å². The summed E-state index contributed by atoms with van der Waals surface area (Å²) in [4.78, 5) is 10.9. The number of ether oxygens (including phenoxy) is 3. The molecule has 0 aliphatic carbocycles. The smallest absolute Gasteiger partial charge is 0.306 e. The van der Waals surface area contributed by atoms with Gasteiger partial charge in [-0.2, -0.15) is 0 Å². The van der Waals surface area contributed by atoms with Gasteiger partial charge in [-0.1, -0.05) is 24.5 Å². The molecule has 6 unspecified atom stereocenters. The number of methoxy groups -OCH3 is 1. The normalized spacial score (nSPS) is 29.4. The number of carbonyl (C=O) groups is 1. The van der Waals surface area contributed by atoms with Gasteiger partial charge in [-0.3, -0.25) is 4.79 Å². The fourth-order valence-electron chi connectivity index (χ4n) is 1.95. The van der Waals surface area contributed by atoms with Crippen molar-refractivity contribution in [3.63, 3.8) is 0 Å². The van der Waals surface area contributed by atoms with Crippen LogP contribution in [0.3, 0.4) is 0 Å². The molecule has 0 amide bonds. The van der Waals surface area contributed by atoms with Crippen LogP contribution in [0.1, 0.15) is 12.8 Å². The van der Waals surface area contributed by atoms with Crippen LogP contribution in [0.4, 0.5) is 0 Å². The molecule has 0 aromatic heterocycles. The van der Waals surface area contributed by atoms with Crippen LogP contribution >= 0.6 is 0 Å². The Balaban J connectivity index is 2.61. The monoisotopic (exact) mass is 354 g/mol. The summed E-state index contributed by atoms with van der Waals surface area (Å²) in [6.45, 7) is 2.98. The van der Waals surface area contributed by atoms with Gasteiger partial charge >= 0.3 is 5.97 Å². The van der Waals surface area contributed by atoms with E-state index in [1.807, 2.05) is 0 Å². The molecule has 138 valence electrons. The summed E-state index contributed by atoms with van der Waals surface area (Å²) in [6, 6.07) is 0. The van der Waals surface area contributed by atoms with E-state index in [1.54, 1.807) is 0 Å². The fourth-order valence-corrected chi connectivity index (χ4v) is 1.95. The lowest BCUT2D eigenvalue weighted by Crippen LogP contribution is -2.59. The Hall–Kier alpha value is -1.91. The Morgan fingerprint density at radius 2 is 2.00 bits per heavy atom. The highest BCUT2D eigenvalue weighted by atomic mass is 16.7. The average Bonchev–Trinajstić information content (AvgIpc) is 2.63. The third-order valence-corrected chi connectivity index (χ3v) is 3.39. The number of rotatable bonds is 6. The van der Waals surface area contributed by atoms with E-state index in [-0.39, 0.29) is 12.4 Å². The van der Waals surface area contributed by atoms with Crippen molar-refractivity contribution in [1.29, 1.82) is 0 Å². The first-order chi connectivity index (χ1) is 11.9. The molecule has 8 heteroatoms. The molecule has 8 nitrogen and oxygen atoms in total. The van der Waals surface area contributed by atoms with Crippen molar-refractivity contribution in [1.82, 2.24) is 0 Å². The topological polar surface area (TPSA) is 126 Å². The highest BCUT2D eigenvalue weighted by molar-refractivity contribution is 5.69. The maximum Gasteiger partial charge on any atom is 0.306 e. The molecule has 1 aliphatic rings. The zero-order valence-electron chi connectivity index (χ0n) is 13.8. The second kappa shape index (κ2) is 10.9. The van der Waals surface area contributed by atoms with Crippen molar-refractivity contribution >= 4 is 5.97 Å². The lowest BCUT2D eigenvalue weighted by Gasteiger charge is -2.40. The van der Waals surface area contributed by atoms with E-state index in [0.717, 1.165) is 0 Å². The predicted octanol–water partition coefficient (Wildman–Crippen LogP) is -1.68. The molecular formula is C17H22O8. The summed E-state index contributed by atoms with van der Waals surface area (Å²) >= 11 is 0. The zero-order chi connectivity index (χ0) is 18.8. The van der Waals surface area contributed by atoms with Crippen LogP contribution in [0.5, 0.6) is 0 Å². The standard InChI is InChI=1S/C17H22O8/c1-3-11(8-6-4-5-7-9-13(19)23-2)24-17-16(22)15(21)14(20)12(10-18)25-17/h3,11-12,14-18,20-22H,1,7,9-10H2,2H3. The van der Waals surface area contributed by atoms with Gasteiger partial charge in [0.2, 0.25) is 0 Å². The van der Waals surface area contributed by atoms with E-state index in [9.17, 15) is 20.1 Å². The molecule has 1 saturated heterocycles. The van der Waals surface area contributed by atoms with Gasteiger partial charge in [0.05, 0.1) is 20.1 Å². The van der Waals surface area contributed by atoms with Gasteiger partial charge in [0, 0.05) is 6.42 Å². The molecule has 0 saturated carbocycles. The summed E-state index contributed by atoms with van der Waals surface area (Å²) in [5.74, 6) is 9.98. The molecule has 1 rings (SSSR count). The molecule has 0 bridgehead atoms. The number of esters is 1. The van der Waals surface area contributed by atoms with Crippen LogP contribution in [0, 0.1) is 23.7 Å². The Morgan fingerprint density at radius 3 is 2.60 bits per heavy atom.